The predicted octanol–water partition coefficient (Wildman–Crippen LogP) is 3.06. The number of rotatable bonds is 9. The number of hydrogen-bond acceptors (Lipinski definition) is 6. The Balaban J connectivity index is 0.00000392. The van der Waals surface area contributed by atoms with Gasteiger partial charge in [0.25, 0.3) is 0 Å². The lowest BCUT2D eigenvalue weighted by atomic mass is 10.2. The van der Waals surface area contributed by atoms with Crippen molar-refractivity contribution in [3.05, 3.63) is 39.4 Å². The van der Waals surface area contributed by atoms with Gasteiger partial charge in [0.05, 0.1) is 18.4 Å². The van der Waals surface area contributed by atoms with Crippen molar-refractivity contribution in [2.45, 2.75) is 43.5 Å². The largest absolute Gasteiger partial charge is 0.390 e. The summed E-state index contributed by atoms with van der Waals surface area (Å²) in [7, 11) is -3.48. The summed E-state index contributed by atoms with van der Waals surface area (Å²) in [5.41, 5.74) is 0. The van der Waals surface area contributed by atoms with Gasteiger partial charge < -0.3 is 15.7 Å². The molecule has 0 amide bonds. The van der Waals surface area contributed by atoms with E-state index in [1.807, 2.05) is 6.92 Å². The van der Waals surface area contributed by atoms with Crippen LogP contribution in [0, 0.1) is 6.92 Å². The number of aryl methyl sites for hydroxylation is 1. The average Bonchev–Trinajstić information content (AvgIpc) is 3.24. The fraction of sp³-hybridized carbons (Fsp3) is 0.500. The standard InChI is InChI=1S/C18H27N3O3S3.HI/c1-4-19-18(21-13(2)10-16-8-7-14(3)26-16)20-11-15(22)12-27(23,24)17-6-5-9-25-17;/h5-9,13,15,22H,4,10-12H2,1-3H3,(H2,19,20,21);1H. The van der Waals surface area contributed by atoms with E-state index in [9.17, 15) is 13.5 Å². The van der Waals surface area contributed by atoms with E-state index in [1.54, 1.807) is 28.8 Å². The normalized spacial score (nSPS) is 14.2. The summed E-state index contributed by atoms with van der Waals surface area (Å²) in [5.74, 6) is 0.242. The van der Waals surface area contributed by atoms with Crippen LogP contribution in [0.4, 0.5) is 0 Å². The van der Waals surface area contributed by atoms with E-state index >= 15 is 0 Å². The lowest BCUT2D eigenvalue weighted by Gasteiger charge is -2.18. The number of sulfone groups is 1. The fourth-order valence-corrected chi connectivity index (χ4v) is 6.01. The first kappa shape index (κ1) is 25.3. The van der Waals surface area contributed by atoms with Gasteiger partial charge in [0.1, 0.15) is 4.21 Å². The van der Waals surface area contributed by atoms with E-state index in [-0.39, 0.29) is 46.5 Å². The summed E-state index contributed by atoms with van der Waals surface area (Å²) in [4.78, 5) is 6.93. The molecule has 158 valence electrons. The average molecular weight is 558 g/mol. The number of nitrogens with zero attached hydrogens (tertiary/aromatic N) is 1. The molecular formula is C18H28IN3O3S3. The van der Waals surface area contributed by atoms with Gasteiger partial charge in [-0.2, -0.15) is 0 Å². The zero-order chi connectivity index (χ0) is 19.9. The zero-order valence-electron chi connectivity index (χ0n) is 16.2. The van der Waals surface area contributed by atoms with Gasteiger partial charge in [0.2, 0.25) is 0 Å². The lowest BCUT2D eigenvalue weighted by Crippen LogP contribution is -2.43. The first-order valence-corrected chi connectivity index (χ1v) is 12.2. The molecule has 10 heteroatoms. The van der Waals surface area contributed by atoms with Crippen LogP contribution in [0.5, 0.6) is 0 Å². The van der Waals surface area contributed by atoms with Gasteiger partial charge in [-0.1, -0.05) is 6.07 Å². The van der Waals surface area contributed by atoms with Crippen LogP contribution in [0.1, 0.15) is 23.6 Å². The number of halogens is 1. The van der Waals surface area contributed by atoms with E-state index in [4.69, 9.17) is 0 Å². The maximum Gasteiger partial charge on any atom is 0.191 e. The van der Waals surface area contributed by atoms with Crippen LogP contribution in [0.2, 0.25) is 0 Å². The van der Waals surface area contributed by atoms with Crippen LogP contribution in [0.15, 0.2) is 38.8 Å². The Hall–Kier alpha value is -0.690. The Labute approximate surface area is 192 Å². The molecule has 2 rings (SSSR count). The summed E-state index contributed by atoms with van der Waals surface area (Å²) in [6.45, 7) is 6.82. The number of guanidine groups is 1. The first-order chi connectivity index (χ1) is 12.8. The van der Waals surface area contributed by atoms with Gasteiger partial charge in [-0.05, 0) is 44.4 Å². The van der Waals surface area contributed by atoms with Crippen molar-refractivity contribution in [3.63, 3.8) is 0 Å². The Kier molecular flexibility index (Phi) is 11.0. The molecule has 2 aromatic heterocycles. The summed E-state index contributed by atoms with van der Waals surface area (Å²) < 4.78 is 24.7. The minimum absolute atomic E-state index is 0. The number of hydrogen-bond donors (Lipinski definition) is 3. The third-order valence-corrected chi connectivity index (χ3v) is 8.01. The number of aliphatic hydroxyl groups is 1. The molecule has 0 saturated carbocycles. The molecule has 6 nitrogen and oxygen atoms in total. The Morgan fingerprint density at radius 2 is 2.07 bits per heavy atom. The summed E-state index contributed by atoms with van der Waals surface area (Å²) in [5, 5.41) is 18.3. The quantitative estimate of drug-likeness (QED) is 0.251. The molecule has 2 unspecified atom stereocenters. The molecule has 0 aliphatic heterocycles. The van der Waals surface area contributed by atoms with Gasteiger partial charge >= 0.3 is 0 Å². The number of aliphatic imine (C=N–C) groups is 1. The highest BCUT2D eigenvalue weighted by molar-refractivity contribution is 14.0. The van der Waals surface area contributed by atoms with E-state index in [0.29, 0.717) is 12.5 Å². The van der Waals surface area contributed by atoms with Gasteiger partial charge in [-0.3, -0.25) is 4.99 Å². The molecule has 0 fully saturated rings. The monoisotopic (exact) mass is 557 g/mol. The van der Waals surface area contributed by atoms with Gasteiger partial charge in [-0.25, -0.2) is 8.42 Å². The van der Waals surface area contributed by atoms with Gasteiger partial charge in [0, 0.05) is 28.8 Å². The molecule has 0 saturated heterocycles. The Morgan fingerprint density at radius 3 is 2.64 bits per heavy atom. The highest BCUT2D eigenvalue weighted by Crippen LogP contribution is 2.18. The van der Waals surface area contributed by atoms with Crippen molar-refractivity contribution in [1.29, 1.82) is 0 Å². The summed E-state index contributed by atoms with van der Waals surface area (Å²) >= 11 is 2.93. The Bertz CT molecular complexity index is 835. The van der Waals surface area contributed by atoms with Crippen molar-refractivity contribution < 1.29 is 13.5 Å². The van der Waals surface area contributed by atoms with Crippen molar-refractivity contribution in [3.8, 4) is 0 Å². The van der Waals surface area contributed by atoms with Crippen LogP contribution in [-0.4, -0.2) is 50.5 Å². The second-order valence-electron chi connectivity index (χ2n) is 6.35. The van der Waals surface area contributed by atoms with E-state index < -0.39 is 15.9 Å². The molecule has 3 N–H and O–H groups in total. The Morgan fingerprint density at radius 1 is 1.32 bits per heavy atom. The van der Waals surface area contributed by atoms with E-state index in [2.05, 4.69) is 41.6 Å². The third kappa shape index (κ3) is 8.36. The van der Waals surface area contributed by atoms with E-state index in [0.717, 1.165) is 17.8 Å². The highest BCUT2D eigenvalue weighted by Gasteiger charge is 2.20. The number of thiophene rings is 2. The smallest absolute Gasteiger partial charge is 0.191 e. The molecule has 2 aromatic rings. The first-order valence-electron chi connectivity index (χ1n) is 8.84. The molecule has 0 bridgehead atoms. The van der Waals surface area contributed by atoms with Crippen LogP contribution in [-0.2, 0) is 16.3 Å². The molecule has 2 heterocycles. The lowest BCUT2D eigenvalue weighted by molar-refractivity contribution is 0.206. The second kappa shape index (κ2) is 12.1. The molecule has 28 heavy (non-hydrogen) atoms. The number of nitrogens with one attached hydrogen (secondary N) is 2. The van der Waals surface area contributed by atoms with Crippen molar-refractivity contribution >= 4 is 62.4 Å². The molecule has 0 radical (unpaired) electrons. The third-order valence-electron chi connectivity index (χ3n) is 3.70. The minimum Gasteiger partial charge on any atom is -0.390 e. The van der Waals surface area contributed by atoms with Crippen molar-refractivity contribution in [1.82, 2.24) is 10.6 Å². The van der Waals surface area contributed by atoms with Crippen molar-refractivity contribution in [2.24, 2.45) is 4.99 Å². The van der Waals surface area contributed by atoms with Crippen LogP contribution >= 0.6 is 46.7 Å². The maximum atomic E-state index is 12.2. The minimum atomic E-state index is -3.48. The van der Waals surface area contributed by atoms with Crippen LogP contribution in [0.25, 0.3) is 0 Å². The SMILES string of the molecule is CCNC(=NCC(O)CS(=O)(=O)c1cccs1)NC(C)Cc1ccc(C)s1.I. The van der Waals surface area contributed by atoms with Gasteiger partial charge in [-0.15, -0.1) is 46.7 Å². The molecule has 0 aliphatic rings. The fourth-order valence-electron chi connectivity index (χ4n) is 2.53. The van der Waals surface area contributed by atoms with Gasteiger partial charge in [0.15, 0.2) is 15.8 Å². The topological polar surface area (TPSA) is 90.8 Å². The molecule has 2 atom stereocenters. The summed E-state index contributed by atoms with van der Waals surface area (Å²) in [6, 6.07) is 7.63. The maximum absolute atomic E-state index is 12.2. The van der Waals surface area contributed by atoms with Crippen molar-refractivity contribution in [2.75, 3.05) is 18.8 Å². The molecule has 0 aromatic carbocycles. The zero-order valence-corrected chi connectivity index (χ0v) is 21.0. The van der Waals surface area contributed by atoms with Crippen LogP contribution in [0.3, 0.4) is 0 Å². The predicted molar refractivity (Wildman–Crippen MR) is 129 cm³/mol. The molecule has 0 spiro atoms. The number of aliphatic hydroxyl groups excluding tert-OH is 1. The molecular weight excluding hydrogens is 529 g/mol. The highest BCUT2D eigenvalue weighted by atomic mass is 127. The summed E-state index contributed by atoms with van der Waals surface area (Å²) in [6.07, 6.45) is -0.180. The van der Waals surface area contributed by atoms with E-state index in [1.165, 1.54) is 9.75 Å². The van der Waals surface area contributed by atoms with Crippen LogP contribution < -0.4 is 10.6 Å². The second-order valence-corrected chi connectivity index (χ2v) is 10.9. The molecule has 0 aliphatic carbocycles.